The minimum absolute atomic E-state index is 0.0172. The van der Waals surface area contributed by atoms with E-state index in [4.69, 9.17) is 22.7 Å². The molecule has 1 aromatic rings. The third kappa shape index (κ3) is 6.47. The van der Waals surface area contributed by atoms with Gasteiger partial charge in [-0.15, -0.1) is 0 Å². The van der Waals surface area contributed by atoms with Crippen molar-refractivity contribution in [1.29, 1.82) is 0 Å². The van der Waals surface area contributed by atoms with Crippen LogP contribution in [0.4, 0.5) is 0 Å². The van der Waals surface area contributed by atoms with Crippen LogP contribution in [0.1, 0.15) is 6.42 Å². The first-order valence-electron chi connectivity index (χ1n) is 6.28. The van der Waals surface area contributed by atoms with Gasteiger partial charge in [-0.05, 0) is 6.07 Å². The maximum Gasteiger partial charge on any atom is 0.250 e. The molecule has 0 aromatic carbocycles. The van der Waals surface area contributed by atoms with Gasteiger partial charge in [-0.25, -0.2) is 0 Å². The van der Waals surface area contributed by atoms with Gasteiger partial charge in [0.15, 0.2) is 0 Å². The van der Waals surface area contributed by atoms with E-state index in [9.17, 15) is 4.79 Å². The van der Waals surface area contributed by atoms with Gasteiger partial charge in [-0.3, -0.25) is 9.69 Å². The summed E-state index contributed by atoms with van der Waals surface area (Å²) in [6.45, 7) is 3.68. The van der Waals surface area contributed by atoms with Crippen LogP contribution in [0.25, 0.3) is 0 Å². The number of aromatic nitrogens is 1. The number of hydrogen-bond donors (Lipinski definition) is 1. The molecule has 0 spiro atoms. The highest BCUT2D eigenvalue weighted by Crippen LogP contribution is 1.94. The summed E-state index contributed by atoms with van der Waals surface area (Å²) in [6, 6.07) is 5.17. The smallest absolute Gasteiger partial charge is 0.250 e. The summed E-state index contributed by atoms with van der Waals surface area (Å²) >= 11 is 4.89. The molecule has 0 aliphatic carbocycles. The molecule has 0 unspecified atom stereocenters. The lowest BCUT2D eigenvalue weighted by molar-refractivity contribution is 0.147. The van der Waals surface area contributed by atoms with Gasteiger partial charge in [0, 0.05) is 52.0 Å². The number of pyridine rings is 1. The summed E-state index contributed by atoms with van der Waals surface area (Å²) in [5.74, 6) is 0. The minimum atomic E-state index is 0.0172. The van der Waals surface area contributed by atoms with Crippen molar-refractivity contribution in [1.82, 2.24) is 9.47 Å². The normalized spacial score (nSPS) is 10.8. The molecule has 1 heterocycles. The van der Waals surface area contributed by atoms with Crippen molar-refractivity contribution in [2.45, 2.75) is 13.0 Å². The molecule has 0 aliphatic heterocycles. The van der Waals surface area contributed by atoms with Gasteiger partial charge in [0.1, 0.15) is 0 Å². The summed E-state index contributed by atoms with van der Waals surface area (Å²) in [6.07, 6.45) is 2.48. The first kappa shape index (κ1) is 15.8. The zero-order valence-electron chi connectivity index (χ0n) is 11.2. The quantitative estimate of drug-likeness (QED) is 0.668. The second-order valence-corrected chi connectivity index (χ2v) is 4.81. The van der Waals surface area contributed by atoms with E-state index in [1.807, 2.05) is 6.07 Å². The Hall–Kier alpha value is -1.24. The van der Waals surface area contributed by atoms with Gasteiger partial charge in [-0.2, -0.15) is 0 Å². The molecule has 0 fully saturated rings. The molecule has 0 atom stereocenters. The van der Waals surface area contributed by atoms with Crippen LogP contribution in [0.2, 0.25) is 0 Å². The fraction of sp³-hybridized carbons (Fsp3) is 0.538. The molecule has 19 heavy (non-hydrogen) atoms. The van der Waals surface area contributed by atoms with Crippen LogP contribution >= 0.6 is 12.2 Å². The third-order valence-corrected chi connectivity index (χ3v) is 3.05. The Morgan fingerprint density at radius 3 is 2.84 bits per heavy atom. The molecule has 0 saturated heterocycles. The Labute approximate surface area is 119 Å². The van der Waals surface area contributed by atoms with Crippen LogP contribution in [-0.2, 0) is 11.3 Å². The fourth-order valence-corrected chi connectivity index (χ4v) is 1.81. The molecule has 6 heteroatoms. The fourth-order valence-electron chi connectivity index (χ4n) is 1.72. The number of ether oxygens (including phenoxy) is 1. The highest BCUT2D eigenvalue weighted by atomic mass is 32.1. The van der Waals surface area contributed by atoms with Crippen LogP contribution in [0.3, 0.4) is 0 Å². The van der Waals surface area contributed by atoms with Crippen LogP contribution in [0.15, 0.2) is 29.2 Å². The van der Waals surface area contributed by atoms with E-state index in [1.54, 1.807) is 30.0 Å². The molecular formula is C13H21N3O2S. The highest BCUT2D eigenvalue weighted by molar-refractivity contribution is 7.80. The van der Waals surface area contributed by atoms with Crippen LogP contribution in [-0.4, -0.2) is 47.8 Å². The van der Waals surface area contributed by atoms with Crippen molar-refractivity contribution in [3.05, 3.63) is 34.7 Å². The lowest BCUT2D eigenvalue weighted by atomic mass is 10.3. The Morgan fingerprint density at radius 1 is 1.42 bits per heavy atom. The lowest BCUT2D eigenvalue weighted by Crippen LogP contribution is -2.35. The van der Waals surface area contributed by atoms with E-state index in [0.717, 1.165) is 19.6 Å². The first-order chi connectivity index (χ1) is 9.13. The number of hydrogen-bond acceptors (Lipinski definition) is 4. The zero-order valence-corrected chi connectivity index (χ0v) is 12.1. The number of nitrogens with zero attached hydrogens (tertiary/aromatic N) is 2. The van der Waals surface area contributed by atoms with Gasteiger partial charge >= 0.3 is 0 Å². The highest BCUT2D eigenvalue weighted by Gasteiger charge is 2.06. The van der Waals surface area contributed by atoms with E-state index in [1.165, 1.54) is 0 Å². The van der Waals surface area contributed by atoms with E-state index < -0.39 is 0 Å². The molecule has 0 bridgehead atoms. The second-order valence-electron chi connectivity index (χ2n) is 4.28. The summed E-state index contributed by atoms with van der Waals surface area (Å²) in [4.78, 5) is 14.3. The Morgan fingerprint density at radius 2 is 2.21 bits per heavy atom. The maximum atomic E-state index is 11.6. The summed E-state index contributed by atoms with van der Waals surface area (Å²) in [5, 5.41) is 0. The van der Waals surface area contributed by atoms with Crippen LogP contribution in [0, 0.1) is 0 Å². The number of methoxy groups -OCH3 is 1. The maximum absolute atomic E-state index is 11.6. The van der Waals surface area contributed by atoms with E-state index in [-0.39, 0.29) is 5.56 Å². The van der Waals surface area contributed by atoms with Crippen molar-refractivity contribution in [3.63, 3.8) is 0 Å². The average Bonchev–Trinajstić information content (AvgIpc) is 2.39. The van der Waals surface area contributed by atoms with Gasteiger partial charge in [0.05, 0.1) is 11.6 Å². The molecule has 0 radical (unpaired) electrons. The number of nitrogens with two attached hydrogens (primary N) is 1. The van der Waals surface area contributed by atoms with Crippen molar-refractivity contribution in [3.8, 4) is 0 Å². The lowest BCUT2D eigenvalue weighted by Gasteiger charge is -2.22. The summed E-state index contributed by atoms with van der Waals surface area (Å²) in [5.41, 5.74) is 5.54. The Balaban J connectivity index is 2.49. The Kier molecular flexibility index (Phi) is 7.32. The van der Waals surface area contributed by atoms with Crippen molar-refractivity contribution in [2.24, 2.45) is 5.73 Å². The predicted molar refractivity (Wildman–Crippen MR) is 80.4 cm³/mol. The molecule has 1 rings (SSSR count). The third-order valence-electron chi connectivity index (χ3n) is 2.84. The first-order valence-corrected chi connectivity index (χ1v) is 6.69. The average molecular weight is 283 g/mol. The topological polar surface area (TPSA) is 60.5 Å². The molecule has 106 valence electrons. The SMILES string of the molecule is COCCN(CCC(N)=S)CCn1ccccc1=O. The molecule has 0 saturated carbocycles. The van der Waals surface area contributed by atoms with Gasteiger partial charge in [-0.1, -0.05) is 18.3 Å². The van der Waals surface area contributed by atoms with E-state index in [0.29, 0.717) is 24.6 Å². The monoisotopic (exact) mass is 283 g/mol. The summed E-state index contributed by atoms with van der Waals surface area (Å²) < 4.78 is 6.78. The van der Waals surface area contributed by atoms with Gasteiger partial charge in [0.2, 0.25) is 0 Å². The number of rotatable bonds is 9. The Bertz CT molecular complexity index is 448. The molecule has 2 N–H and O–H groups in total. The largest absolute Gasteiger partial charge is 0.393 e. The summed E-state index contributed by atoms with van der Waals surface area (Å²) in [7, 11) is 1.67. The molecule has 0 amide bonds. The van der Waals surface area contributed by atoms with Crippen LogP contribution < -0.4 is 11.3 Å². The molecular weight excluding hydrogens is 262 g/mol. The molecule has 1 aromatic heterocycles. The van der Waals surface area contributed by atoms with Crippen LogP contribution in [0.5, 0.6) is 0 Å². The van der Waals surface area contributed by atoms with Crippen molar-refractivity contribution >= 4 is 17.2 Å². The van der Waals surface area contributed by atoms with Gasteiger partial charge in [0.25, 0.3) is 5.56 Å². The van der Waals surface area contributed by atoms with Crippen molar-refractivity contribution < 1.29 is 4.74 Å². The van der Waals surface area contributed by atoms with E-state index in [2.05, 4.69) is 4.90 Å². The predicted octanol–water partition coefficient (Wildman–Crippen LogP) is 0.473. The van der Waals surface area contributed by atoms with Gasteiger partial charge < -0.3 is 15.0 Å². The minimum Gasteiger partial charge on any atom is -0.393 e. The number of thiocarbonyl (C=S) groups is 1. The zero-order chi connectivity index (χ0) is 14.1. The standard InChI is InChI=1S/C13H21N3O2S/c1-18-11-10-15(7-5-12(14)19)8-9-16-6-3-2-4-13(16)17/h2-4,6H,5,7-11H2,1H3,(H2,14,19). The molecule has 5 nitrogen and oxygen atoms in total. The second kappa shape index (κ2) is 8.79. The van der Waals surface area contributed by atoms with Crippen molar-refractivity contribution in [2.75, 3.05) is 33.4 Å². The molecule has 0 aliphatic rings. The van der Waals surface area contributed by atoms with E-state index >= 15 is 0 Å².